The highest BCUT2D eigenvalue weighted by atomic mass is 32.2. The Morgan fingerprint density at radius 3 is 2.35 bits per heavy atom. The Balaban J connectivity index is 2.27. The normalized spacial score (nSPS) is 10.6. The maximum absolute atomic E-state index is 12.1. The number of amides is 1. The Morgan fingerprint density at radius 2 is 1.74 bits per heavy atom. The number of para-hydroxylation sites is 2. The van der Waals surface area contributed by atoms with Crippen LogP contribution in [0.2, 0.25) is 0 Å². The fourth-order valence-corrected chi connectivity index (χ4v) is 2.89. The standard InChI is InChI=1S/C16H15N3O3S/c1-23(21,22)19(15-10-6-5-7-13(15)11-17)12-16(20)18-14-8-3-2-4-9-14/h2-10H,12H2,1H3,(H,18,20). The predicted octanol–water partition coefficient (Wildman–Crippen LogP) is 1.96. The molecule has 0 saturated heterocycles. The molecule has 6 nitrogen and oxygen atoms in total. The van der Waals surface area contributed by atoms with Crippen molar-refractivity contribution in [2.24, 2.45) is 0 Å². The maximum Gasteiger partial charge on any atom is 0.245 e. The minimum absolute atomic E-state index is 0.181. The van der Waals surface area contributed by atoms with Gasteiger partial charge in [0.2, 0.25) is 15.9 Å². The van der Waals surface area contributed by atoms with E-state index in [-0.39, 0.29) is 11.3 Å². The Labute approximate surface area is 135 Å². The van der Waals surface area contributed by atoms with Gasteiger partial charge >= 0.3 is 0 Å². The van der Waals surface area contributed by atoms with Gasteiger partial charge in [-0.1, -0.05) is 30.3 Å². The number of hydrogen-bond acceptors (Lipinski definition) is 4. The average Bonchev–Trinajstić information content (AvgIpc) is 2.52. The first-order valence-electron chi connectivity index (χ1n) is 6.73. The molecule has 0 saturated carbocycles. The first-order valence-corrected chi connectivity index (χ1v) is 8.58. The molecular weight excluding hydrogens is 314 g/mol. The van der Waals surface area contributed by atoms with Gasteiger partial charge in [0.25, 0.3) is 0 Å². The number of rotatable bonds is 5. The second kappa shape index (κ2) is 6.94. The molecule has 0 spiro atoms. The third-order valence-electron chi connectivity index (χ3n) is 3.04. The zero-order valence-corrected chi connectivity index (χ0v) is 13.2. The van der Waals surface area contributed by atoms with Crippen LogP contribution in [0.3, 0.4) is 0 Å². The summed E-state index contributed by atoms with van der Waals surface area (Å²) in [6, 6.07) is 16.9. The van der Waals surface area contributed by atoms with Gasteiger partial charge in [0, 0.05) is 5.69 Å². The van der Waals surface area contributed by atoms with Crippen molar-refractivity contribution in [1.82, 2.24) is 0 Å². The van der Waals surface area contributed by atoms with Gasteiger partial charge in [-0.15, -0.1) is 0 Å². The van der Waals surface area contributed by atoms with Crippen molar-refractivity contribution >= 4 is 27.3 Å². The molecule has 2 aromatic rings. The van der Waals surface area contributed by atoms with Crippen LogP contribution in [0.4, 0.5) is 11.4 Å². The van der Waals surface area contributed by atoms with Crippen LogP contribution >= 0.6 is 0 Å². The molecule has 0 aliphatic carbocycles. The number of nitrogens with one attached hydrogen (secondary N) is 1. The Kier molecular flexibility index (Phi) is 4.98. The Bertz CT molecular complexity index is 842. The highest BCUT2D eigenvalue weighted by Crippen LogP contribution is 2.22. The molecule has 0 atom stereocenters. The van der Waals surface area contributed by atoms with E-state index < -0.39 is 22.5 Å². The topological polar surface area (TPSA) is 90.3 Å². The van der Waals surface area contributed by atoms with Crippen LogP contribution in [0.15, 0.2) is 54.6 Å². The second-order valence-corrected chi connectivity index (χ2v) is 6.72. The van der Waals surface area contributed by atoms with Gasteiger partial charge < -0.3 is 5.32 Å². The molecule has 23 heavy (non-hydrogen) atoms. The van der Waals surface area contributed by atoms with E-state index in [0.717, 1.165) is 10.6 Å². The van der Waals surface area contributed by atoms with E-state index >= 15 is 0 Å². The molecule has 1 amide bonds. The van der Waals surface area contributed by atoms with E-state index in [1.807, 2.05) is 12.1 Å². The first-order chi connectivity index (χ1) is 10.9. The minimum Gasteiger partial charge on any atom is -0.325 e. The van der Waals surface area contributed by atoms with Crippen LogP contribution in [0, 0.1) is 11.3 Å². The summed E-state index contributed by atoms with van der Waals surface area (Å²) >= 11 is 0. The predicted molar refractivity (Wildman–Crippen MR) is 88.4 cm³/mol. The maximum atomic E-state index is 12.1. The molecule has 0 aliphatic rings. The Hall–Kier alpha value is -2.85. The summed E-state index contributed by atoms with van der Waals surface area (Å²) in [4.78, 5) is 12.1. The van der Waals surface area contributed by atoms with E-state index in [9.17, 15) is 13.2 Å². The van der Waals surface area contributed by atoms with Gasteiger partial charge in [0.1, 0.15) is 12.6 Å². The quantitative estimate of drug-likeness (QED) is 0.908. The average molecular weight is 329 g/mol. The summed E-state index contributed by atoms with van der Waals surface area (Å²) in [7, 11) is -3.72. The number of nitrogens with zero attached hydrogens (tertiary/aromatic N) is 2. The summed E-state index contributed by atoms with van der Waals surface area (Å²) < 4.78 is 25.0. The van der Waals surface area contributed by atoms with Gasteiger partial charge in [-0.2, -0.15) is 5.26 Å². The molecule has 0 aromatic heterocycles. The largest absolute Gasteiger partial charge is 0.325 e. The van der Waals surface area contributed by atoms with Crippen LogP contribution in [0.25, 0.3) is 0 Å². The Morgan fingerprint density at radius 1 is 1.13 bits per heavy atom. The second-order valence-electron chi connectivity index (χ2n) is 4.81. The van der Waals surface area contributed by atoms with E-state index in [2.05, 4.69) is 5.32 Å². The SMILES string of the molecule is CS(=O)(=O)N(CC(=O)Nc1ccccc1)c1ccccc1C#N. The molecular formula is C16H15N3O3S. The third kappa shape index (κ3) is 4.31. The highest BCUT2D eigenvalue weighted by molar-refractivity contribution is 7.92. The summed E-state index contributed by atoms with van der Waals surface area (Å²) in [5, 5.41) is 11.8. The molecule has 0 aliphatic heterocycles. The van der Waals surface area contributed by atoms with Gasteiger partial charge in [-0.25, -0.2) is 8.42 Å². The number of carbonyl (C=O) groups excluding carboxylic acids is 1. The van der Waals surface area contributed by atoms with Crippen molar-refractivity contribution in [1.29, 1.82) is 5.26 Å². The summed E-state index contributed by atoms with van der Waals surface area (Å²) in [5.74, 6) is -0.491. The number of hydrogen-bond donors (Lipinski definition) is 1. The lowest BCUT2D eigenvalue weighted by atomic mass is 10.2. The lowest BCUT2D eigenvalue weighted by molar-refractivity contribution is -0.114. The van der Waals surface area contributed by atoms with Crippen LogP contribution in [0.1, 0.15) is 5.56 Å². The van der Waals surface area contributed by atoms with Crippen molar-refractivity contribution < 1.29 is 13.2 Å². The van der Waals surface area contributed by atoms with Gasteiger partial charge in [-0.05, 0) is 24.3 Å². The van der Waals surface area contributed by atoms with Gasteiger partial charge in [0.05, 0.1) is 17.5 Å². The van der Waals surface area contributed by atoms with Gasteiger partial charge in [-0.3, -0.25) is 9.10 Å². The van der Waals surface area contributed by atoms with E-state index in [4.69, 9.17) is 5.26 Å². The lowest BCUT2D eigenvalue weighted by Crippen LogP contribution is -2.37. The van der Waals surface area contributed by atoms with Crippen molar-refractivity contribution in [3.05, 3.63) is 60.2 Å². The van der Waals surface area contributed by atoms with Crippen molar-refractivity contribution in [3.63, 3.8) is 0 Å². The number of sulfonamides is 1. The number of nitriles is 1. The first kappa shape index (κ1) is 16.5. The van der Waals surface area contributed by atoms with Crippen molar-refractivity contribution in [3.8, 4) is 6.07 Å². The molecule has 7 heteroatoms. The molecule has 0 fully saturated rings. The molecule has 0 unspecified atom stereocenters. The number of carbonyl (C=O) groups is 1. The molecule has 118 valence electrons. The van der Waals surface area contributed by atoms with Crippen LogP contribution in [-0.4, -0.2) is 27.1 Å². The zero-order valence-electron chi connectivity index (χ0n) is 12.4. The lowest BCUT2D eigenvalue weighted by Gasteiger charge is -2.22. The minimum atomic E-state index is -3.72. The summed E-state index contributed by atoms with van der Waals surface area (Å²) in [6.45, 7) is -0.410. The van der Waals surface area contributed by atoms with E-state index in [1.54, 1.807) is 36.4 Å². The zero-order chi connectivity index (χ0) is 16.9. The molecule has 2 rings (SSSR count). The number of anilines is 2. The third-order valence-corrected chi connectivity index (χ3v) is 4.16. The molecule has 0 bridgehead atoms. The fourth-order valence-electron chi connectivity index (χ4n) is 2.02. The smallest absolute Gasteiger partial charge is 0.245 e. The van der Waals surface area contributed by atoms with E-state index in [0.29, 0.717) is 5.69 Å². The van der Waals surface area contributed by atoms with Crippen LogP contribution < -0.4 is 9.62 Å². The summed E-state index contributed by atoms with van der Waals surface area (Å²) in [6.07, 6.45) is 0.997. The van der Waals surface area contributed by atoms with Crippen LogP contribution in [0.5, 0.6) is 0 Å². The molecule has 2 aromatic carbocycles. The molecule has 1 N–H and O–H groups in total. The van der Waals surface area contributed by atoms with Crippen LogP contribution in [-0.2, 0) is 14.8 Å². The van der Waals surface area contributed by atoms with Gasteiger partial charge in [0.15, 0.2) is 0 Å². The fraction of sp³-hybridized carbons (Fsp3) is 0.125. The van der Waals surface area contributed by atoms with Crippen molar-refractivity contribution in [2.45, 2.75) is 0 Å². The van der Waals surface area contributed by atoms with Crippen molar-refractivity contribution in [2.75, 3.05) is 22.4 Å². The summed E-state index contributed by atoms with van der Waals surface area (Å²) in [5.41, 5.74) is 0.936. The number of benzene rings is 2. The monoisotopic (exact) mass is 329 g/mol. The molecule has 0 radical (unpaired) electrons. The molecule has 0 heterocycles. The highest BCUT2D eigenvalue weighted by Gasteiger charge is 2.23. The van der Waals surface area contributed by atoms with E-state index in [1.165, 1.54) is 12.1 Å².